The molecule has 0 fully saturated rings. The van der Waals surface area contributed by atoms with Crippen molar-refractivity contribution < 1.29 is 24.5 Å². The zero-order valence-electron chi connectivity index (χ0n) is 11.5. The van der Waals surface area contributed by atoms with E-state index >= 15 is 0 Å². The van der Waals surface area contributed by atoms with Crippen LogP contribution in [0.2, 0.25) is 0 Å². The molecule has 3 N–H and O–H groups in total. The number of phenols is 2. The molecule has 0 aliphatic rings. The van der Waals surface area contributed by atoms with E-state index in [1.54, 1.807) is 24.3 Å². The molecule has 3 aromatic rings. The largest absolute Gasteiger partial charge is 0.508 e. The van der Waals surface area contributed by atoms with Crippen LogP contribution in [0.3, 0.4) is 0 Å². The van der Waals surface area contributed by atoms with E-state index in [0.29, 0.717) is 11.3 Å². The fourth-order valence-electron chi connectivity index (χ4n) is 2.29. The molecular formula is C16H12O6. The highest BCUT2D eigenvalue weighted by molar-refractivity contribution is 5.95. The third-order valence-corrected chi connectivity index (χ3v) is 3.33. The molecule has 0 bridgehead atoms. The van der Waals surface area contributed by atoms with Crippen molar-refractivity contribution >= 4 is 11.0 Å². The van der Waals surface area contributed by atoms with Crippen LogP contribution in [0.1, 0.15) is 0 Å². The van der Waals surface area contributed by atoms with Gasteiger partial charge in [0.2, 0.25) is 0 Å². The van der Waals surface area contributed by atoms with E-state index in [0.717, 1.165) is 12.1 Å². The van der Waals surface area contributed by atoms with Crippen LogP contribution in [0.15, 0.2) is 45.6 Å². The zero-order chi connectivity index (χ0) is 15.9. The summed E-state index contributed by atoms with van der Waals surface area (Å²) in [6.07, 6.45) is 0. The van der Waals surface area contributed by atoms with E-state index in [1.807, 2.05) is 0 Å². The average Bonchev–Trinajstić information content (AvgIpc) is 2.46. The Labute approximate surface area is 124 Å². The number of rotatable bonds is 2. The Morgan fingerprint density at radius 3 is 2.36 bits per heavy atom. The van der Waals surface area contributed by atoms with Crippen LogP contribution in [0.4, 0.5) is 0 Å². The van der Waals surface area contributed by atoms with Gasteiger partial charge in [0.15, 0.2) is 0 Å². The summed E-state index contributed by atoms with van der Waals surface area (Å²) >= 11 is 0. The molecule has 0 saturated heterocycles. The first-order chi connectivity index (χ1) is 10.5. The second-order valence-electron chi connectivity index (χ2n) is 4.68. The molecular weight excluding hydrogens is 288 g/mol. The first-order valence-electron chi connectivity index (χ1n) is 6.37. The Bertz CT molecular complexity index is 909. The minimum atomic E-state index is -0.778. The van der Waals surface area contributed by atoms with Crippen molar-refractivity contribution in [3.8, 4) is 34.1 Å². The van der Waals surface area contributed by atoms with Gasteiger partial charge in [-0.15, -0.1) is 0 Å². The molecule has 112 valence electrons. The van der Waals surface area contributed by atoms with Crippen molar-refractivity contribution in [3.05, 3.63) is 46.8 Å². The predicted molar refractivity (Wildman–Crippen MR) is 79.5 cm³/mol. The lowest BCUT2D eigenvalue weighted by molar-refractivity contribution is 0.415. The van der Waals surface area contributed by atoms with Crippen LogP contribution >= 0.6 is 0 Å². The summed E-state index contributed by atoms with van der Waals surface area (Å²) in [5, 5.41) is 29.6. The van der Waals surface area contributed by atoms with Crippen molar-refractivity contribution in [1.82, 2.24) is 0 Å². The third-order valence-electron chi connectivity index (χ3n) is 3.33. The SMILES string of the molecule is COc1ccc(-c2c(O)c3c(O)cc(O)cc3oc2=O)cc1. The molecule has 0 saturated carbocycles. The van der Waals surface area contributed by atoms with E-state index in [2.05, 4.69) is 0 Å². The summed E-state index contributed by atoms with van der Waals surface area (Å²) in [5.41, 5.74) is -0.532. The topological polar surface area (TPSA) is 100 Å². The highest BCUT2D eigenvalue weighted by atomic mass is 16.5. The van der Waals surface area contributed by atoms with Crippen molar-refractivity contribution in [1.29, 1.82) is 0 Å². The number of hydrogen-bond acceptors (Lipinski definition) is 6. The quantitative estimate of drug-likeness (QED) is 0.629. The molecule has 1 aromatic heterocycles. The van der Waals surface area contributed by atoms with Gasteiger partial charge in [-0.2, -0.15) is 0 Å². The molecule has 0 amide bonds. The monoisotopic (exact) mass is 300 g/mol. The van der Waals surface area contributed by atoms with E-state index < -0.39 is 11.4 Å². The van der Waals surface area contributed by atoms with Gasteiger partial charge < -0.3 is 24.5 Å². The van der Waals surface area contributed by atoms with Gasteiger partial charge in [0.1, 0.15) is 39.5 Å². The van der Waals surface area contributed by atoms with Crippen LogP contribution < -0.4 is 10.4 Å². The standard InChI is InChI=1S/C16H12O6/c1-21-10-4-2-8(3-5-10)13-15(19)14-11(18)6-9(17)7-12(14)22-16(13)20/h2-7,17-19H,1H3. The Morgan fingerprint density at radius 1 is 1.05 bits per heavy atom. The zero-order valence-corrected chi connectivity index (χ0v) is 11.5. The molecule has 0 radical (unpaired) electrons. The smallest absolute Gasteiger partial charge is 0.347 e. The highest BCUT2D eigenvalue weighted by Crippen LogP contribution is 2.40. The van der Waals surface area contributed by atoms with E-state index in [9.17, 15) is 20.1 Å². The molecule has 0 atom stereocenters. The van der Waals surface area contributed by atoms with Gasteiger partial charge in [0.05, 0.1) is 7.11 Å². The third kappa shape index (κ3) is 2.10. The van der Waals surface area contributed by atoms with Crippen molar-refractivity contribution in [2.75, 3.05) is 7.11 Å². The average molecular weight is 300 g/mol. The maximum Gasteiger partial charge on any atom is 0.347 e. The van der Waals surface area contributed by atoms with Gasteiger partial charge in [-0.05, 0) is 17.7 Å². The normalized spacial score (nSPS) is 10.8. The van der Waals surface area contributed by atoms with Crippen LogP contribution in [0.25, 0.3) is 22.1 Å². The molecule has 3 rings (SSSR count). The first-order valence-corrected chi connectivity index (χ1v) is 6.37. The van der Waals surface area contributed by atoms with E-state index in [-0.39, 0.29) is 28.0 Å². The Balaban J connectivity index is 2.32. The molecule has 6 nitrogen and oxygen atoms in total. The minimum absolute atomic E-state index is 0.0387. The Hall–Kier alpha value is -3.15. The Kier molecular flexibility index (Phi) is 3.14. The van der Waals surface area contributed by atoms with Gasteiger partial charge in [-0.1, -0.05) is 12.1 Å². The molecule has 0 aliphatic heterocycles. The van der Waals surface area contributed by atoms with E-state index in [4.69, 9.17) is 9.15 Å². The van der Waals surface area contributed by atoms with Crippen LogP contribution in [0.5, 0.6) is 23.0 Å². The number of phenolic OH excluding ortho intramolecular Hbond substituents is 2. The second kappa shape index (κ2) is 5.00. The number of ether oxygens (including phenoxy) is 1. The summed E-state index contributed by atoms with van der Waals surface area (Å²) in [5.74, 6) is -0.467. The summed E-state index contributed by atoms with van der Waals surface area (Å²) in [6.45, 7) is 0. The number of methoxy groups -OCH3 is 1. The lowest BCUT2D eigenvalue weighted by atomic mass is 10.0. The van der Waals surface area contributed by atoms with Crippen molar-refractivity contribution in [3.63, 3.8) is 0 Å². The van der Waals surface area contributed by atoms with Crippen LogP contribution in [-0.2, 0) is 0 Å². The lowest BCUT2D eigenvalue weighted by Crippen LogP contribution is -2.03. The summed E-state index contributed by atoms with van der Waals surface area (Å²) < 4.78 is 10.1. The molecule has 0 spiro atoms. The van der Waals surface area contributed by atoms with Crippen LogP contribution in [-0.4, -0.2) is 22.4 Å². The Morgan fingerprint density at radius 2 is 1.73 bits per heavy atom. The number of benzene rings is 2. The predicted octanol–water partition coefficient (Wildman–Crippen LogP) is 2.59. The van der Waals surface area contributed by atoms with Crippen molar-refractivity contribution in [2.45, 2.75) is 0 Å². The number of aromatic hydroxyl groups is 3. The highest BCUT2D eigenvalue weighted by Gasteiger charge is 2.19. The number of fused-ring (bicyclic) bond motifs is 1. The summed E-state index contributed by atoms with van der Waals surface area (Å²) in [4.78, 5) is 12.1. The molecule has 0 unspecified atom stereocenters. The second-order valence-corrected chi connectivity index (χ2v) is 4.68. The van der Waals surface area contributed by atoms with Gasteiger partial charge in [-0.25, -0.2) is 4.79 Å². The minimum Gasteiger partial charge on any atom is -0.508 e. The van der Waals surface area contributed by atoms with Crippen LogP contribution in [0, 0.1) is 0 Å². The van der Waals surface area contributed by atoms with E-state index in [1.165, 1.54) is 7.11 Å². The molecule has 2 aromatic carbocycles. The number of hydrogen-bond donors (Lipinski definition) is 3. The maximum absolute atomic E-state index is 12.1. The molecule has 0 aliphatic carbocycles. The van der Waals surface area contributed by atoms with Gasteiger partial charge in [0.25, 0.3) is 0 Å². The van der Waals surface area contributed by atoms with Gasteiger partial charge in [-0.3, -0.25) is 0 Å². The van der Waals surface area contributed by atoms with Gasteiger partial charge >= 0.3 is 5.63 Å². The van der Waals surface area contributed by atoms with Gasteiger partial charge in [0, 0.05) is 12.1 Å². The van der Waals surface area contributed by atoms with Crippen molar-refractivity contribution in [2.24, 2.45) is 0 Å². The molecule has 22 heavy (non-hydrogen) atoms. The first kappa shape index (κ1) is 13.8. The molecule has 1 heterocycles. The fraction of sp³-hybridized carbons (Fsp3) is 0.0625. The maximum atomic E-state index is 12.1. The summed E-state index contributed by atoms with van der Waals surface area (Å²) in [6, 6.07) is 8.65. The summed E-state index contributed by atoms with van der Waals surface area (Å²) in [7, 11) is 1.52. The fourth-order valence-corrected chi connectivity index (χ4v) is 2.29. The lowest BCUT2D eigenvalue weighted by Gasteiger charge is -2.09. The molecule has 6 heteroatoms.